The molecule has 1 atom stereocenters. The maximum Gasteiger partial charge on any atom is 0.511 e. The molecule has 0 spiro atoms. The molecule has 1 aliphatic rings. The van der Waals surface area contributed by atoms with Gasteiger partial charge >= 0.3 is 15.5 Å². The zero-order valence-electron chi connectivity index (χ0n) is 11.4. The highest BCUT2D eigenvalue weighted by molar-refractivity contribution is 7.90. The van der Waals surface area contributed by atoms with Gasteiger partial charge in [0.2, 0.25) is 0 Å². The molecule has 112 valence electrons. The van der Waals surface area contributed by atoms with Crippen LogP contribution in [0.5, 0.6) is 0 Å². The minimum atomic E-state index is -5.23. The largest absolute Gasteiger partial charge is 0.511 e. The van der Waals surface area contributed by atoms with E-state index in [0.29, 0.717) is 17.1 Å². The Hall–Kier alpha value is -0.560. The van der Waals surface area contributed by atoms with E-state index in [2.05, 4.69) is 0 Å². The average Bonchev–Trinajstić information content (AvgIpc) is 2.24. The van der Waals surface area contributed by atoms with Crippen molar-refractivity contribution in [1.29, 1.82) is 0 Å². The van der Waals surface area contributed by atoms with Crippen molar-refractivity contribution >= 4 is 10.0 Å². The normalized spacial score (nSPS) is 24.0. The summed E-state index contributed by atoms with van der Waals surface area (Å²) in [4.78, 5) is 0. The lowest BCUT2D eigenvalue weighted by Gasteiger charge is -2.33. The summed E-state index contributed by atoms with van der Waals surface area (Å²) in [5.41, 5.74) is -5.41. The van der Waals surface area contributed by atoms with E-state index in [9.17, 15) is 21.6 Å². The zero-order chi connectivity index (χ0) is 14.9. The van der Waals surface area contributed by atoms with Crippen LogP contribution in [0, 0.1) is 5.41 Å². The molecule has 0 N–H and O–H groups in total. The molecule has 3 nitrogen and oxygen atoms in total. The SMILES string of the molecule is CC(C)(C)/C=C/C1CCCCN1S(=O)(=O)C(F)(F)F. The molecule has 1 aliphatic heterocycles. The number of alkyl halides is 3. The Morgan fingerprint density at radius 3 is 2.21 bits per heavy atom. The minimum absolute atomic E-state index is 0.0685. The molecule has 1 heterocycles. The molecule has 1 unspecified atom stereocenters. The Labute approximate surface area is 112 Å². The molecule has 0 radical (unpaired) electrons. The molecular formula is C12H20F3NO2S. The fraction of sp³-hybridized carbons (Fsp3) is 0.833. The Bertz CT molecular complexity index is 435. The second kappa shape index (κ2) is 5.44. The first kappa shape index (κ1) is 16.5. The molecular weight excluding hydrogens is 279 g/mol. The zero-order valence-corrected chi connectivity index (χ0v) is 12.2. The van der Waals surface area contributed by atoms with Gasteiger partial charge in [0.05, 0.1) is 0 Å². The van der Waals surface area contributed by atoms with Crippen molar-refractivity contribution in [3.8, 4) is 0 Å². The second-order valence-corrected chi connectivity index (χ2v) is 7.73. The summed E-state index contributed by atoms with van der Waals surface area (Å²) in [6, 6.07) is -0.695. The second-order valence-electron chi connectivity index (χ2n) is 5.85. The number of halogens is 3. The minimum Gasteiger partial charge on any atom is -0.203 e. The molecule has 0 amide bonds. The van der Waals surface area contributed by atoms with Gasteiger partial charge in [-0.3, -0.25) is 0 Å². The van der Waals surface area contributed by atoms with Gasteiger partial charge in [0, 0.05) is 12.6 Å². The predicted octanol–water partition coefficient (Wildman–Crippen LogP) is 3.29. The molecule has 1 rings (SSSR count). The number of piperidine rings is 1. The fourth-order valence-corrected chi connectivity index (χ4v) is 3.12. The number of nitrogens with zero attached hydrogens (tertiary/aromatic N) is 1. The Morgan fingerprint density at radius 1 is 1.16 bits per heavy atom. The van der Waals surface area contributed by atoms with Crippen molar-refractivity contribution < 1.29 is 21.6 Å². The Balaban J connectivity index is 3.00. The summed E-state index contributed by atoms with van der Waals surface area (Å²) in [7, 11) is -5.23. The molecule has 0 aliphatic carbocycles. The van der Waals surface area contributed by atoms with Crippen LogP contribution < -0.4 is 0 Å². The lowest BCUT2D eigenvalue weighted by molar-refractivity contribution is -0.0502. The van der Waals surface area contributed by atoms with E-state index >= 15 is 0 Å². The summed E-state index contributed by atoms with van der Waals surface area (Å²) in [5.74, 6) is 0. The Kier molecular flexibility index (Phi) is 4.72. The van der Waals surface area contributed by atoms with Crippen LogP contribution in [-0.2, 0) is 10.0 Å². The van der Waals surface area contributed by atoms with Gasteiger partial charge in [0.25, 0.3) is 0 Å². The van der Waals surface area contributed by atoms with E-state index in [0.717, 1.165) is 6.42 Å². The van der Waals surface area contributed by atoms with Crippen LogP contribution in [0.1, 0.15) is 40.0 Å². The van der Waals surface area contributed by atoms with Crippen LogP contribution in [0.25, 0.3) is 0 Å². The highest BCUT2D eigenvalue weighted by Crippen LogP contribution is 2.32. The lowest BCUT2D eigenvalue weighted by Crippen LogP contribution is -2.48. The van der Waals surface area contributed by atoms with E-state index in [1.54, 1.807) is 12.2 Å². The predicted molar refractivity (Wildman–Crippen MR) is 67.9 cm³/mol. The topological polar surface area (TPSA) is 37.4 Å². The third-order valence-corrected chi connectivity index (χ3v) is 4.57. The van der Waals surface area contributed by atoms with E-state index in [1.165, 1.54) is 0 Å². The molecule has 7 heteroatoms. The number of allylic oxidation sites excluding steroid dienone is 1. The highest BCUT2D eigenvalue weighted by atomic mass is 32.2. The van der Waals surface area contributed by atoms with Gasteiger partial charge < -0.3 is 0 Å². The number of sulfonamides is 1. The summed E-state index contributed by atoms with van der Waals surface area (Å²) < 4.78 is 61.4. The average molecular weight is 299 g/mol. The first-order valence-corrected chi connectivity index (χ1v) is 7.67. The van der Waals surface area contributed by atoms with Crippen molar-refractivity contribution in [1.82, 2.24) is 4.31 Å². The van der Waals surface area contributed by atoms with Crippen molar-refractivity contribution in [2.75, 3.05) is 6.54 Å². The first-order valence-electron chi connectivity index (χ1n) is 6.22. The number of rotatable bonds is 2. The maximum atomic E-state index is 12.6. The van der Waals surface area contributed by atoms with Crippen LogP contribution in [0.15, 0.2) is 12.2 Å². The van der Waals surface area contributed by atoms with Crippen LogP contribution in [0.4, 0.5) is 13.2 Å². The maximum absolute atomic E-state index is 12.6. The molecule has 0 aromatic heterocycles. The highest BCUT2D eigenvalue weighted by Gasteiger charge is 2.51. The van der Waals surface area contributed by atoms with Gasteiger partial charge in [-0.05, 0) is 18.3 Å². The number of hydrogen-bond acceptors (Lipinski definition) is 2. The molecule has 0 saturated carbocycles. The smallest absolute Gasteiger partial charge is 0.203 e. The molecule has 0 bridgehead atoms. The summed E-state index contributed by atoms with van der Waals surface area (Å²) in [6.07, 6.45) is 4.99. The quantitative estimate of drug-likeness (QED) is 0.734. The summed E-state index contributed by atoms with van der Waals surface area (Å²) in [5, 5.41) is 0. The van der Waals surface area contributed by atoms with E-state index in [-0.39, 0.29) is 12.0 Å². The van der Waals surface area contributed by atoms with Gasteiger partial charge in [-0.15, -0.1) is 0 Å². The van der Waals surface area contributed by atoms with Gasteiger partial charge in [-0.1, -0.05) is 39.3 Å². The lowest BCUT2D eigenvalue weighted by atomic mass is 9.94. The standard InChI is InChI=1S/C12H20F3NO2S/c1-11(2,3)8-7-10-6-4-5-9-16(10)19(17,18)12(13,14)15/h7-8,10H,4-6,9H2,1-3H3/b8-7+. The fourth-order valence-electron chi connectivity index (χ4n) is 1.95. The van der Waals surface area contributed by atoms with Gasteiger partial charge in [0.1, 0.15) is 0 Å². The monoisotopic (exact) mass is 299 g/mol. The third-order valence-electron chi connectivity index (χ3n) is 2.92. The van der Waals surface area contributed by atoms with Gasteiger partial charge in [-0.2, -0.15) is 17.5 Å². The van der Waals surface area contributed by atoms with Crippen LogP contribution in [-0.4, -0.2) is 30.8 Å². The molecule has 19 heavy (non-hydrogen) atoms. The van der Waals surface area contributed by atoms with Crippen molar-refractivity contribution in [3.05, 3.63) is 12.2 Å². The van der Waals surface area contributed by atoms with Crippen LogP contribution in [0.3, 0.4) is 0 Å². The number of hydrogen-bond donors (Lipinski definition) is 0. The third kappa shape index (κ3) is 4.21. The molecule has 1 saturated heterocycles. The molecule has 1 fully saturated rings. The molecule has 0 aromatic carbocycles. The molecule has 0 aromatic rings. The van der Waals surface area contributed by atoms with Crippen molar-refractivity contribution in [2.45, 2.75) is 51.6 Å². The summed E-state index contributed by atoms with van der Waals surface area (Å²) >= 11 is 0. The van der Waals surface area contributed by atoms with Crippen LogP contribution >= 0.6 is 0 Å². The van der Waals surface area contributed by atoms with E-state index < -0.39 is 21.6 Å². The van der Waals surface area contributed by atoms with Gasteiger partial charge in [0.15, 0.2) is 0 Å². The van der Waals surface area contributed by atoms with Crippen LogP contribution in [0.2, 0.25) is 0 Å². The first-order chi connectivity index (χ1) is 8.45. The van der Waals surface area contributed by atoms with E-state index in [1.807, 2.05) is 20.8 Å². The van der Waals surface area contributed by atoms with Gasteiger partial charge in [-0.25, -0.2) is 8.42 Å². The van der Waals surface area contributed by atoms with E-state index in [4.69, 9.17) is 0 Å². The van der Waals surface area contributed by atoms with Crippen molar-refractivity contribution in [2.24, 2.45) is 5.41 Å². The summed E-state index contributed by atoms with van der Waals surface area (Å²) in [6.45, 7) is 5.67. The van der Waals surface area contributed by atoms with Crippen molar-refractivity contribution in [3.63, 3.8) is 0 Å². The Morgan fingerprint density at radius 2 is 1.74 bits per heavy atom.